The van der Waals surface area contributed by atoms with Gasteiger partial charge in [0.15, 0.2) is 17.6 Å². The number of ketones is 2. The summed E-state index contributed by atoms with van der Waals surface area (Å²) in [6.07, 6.45) is 8.29. The number of carbonyl (C=O) groups is 4. The number of amides is 1. The Kier molecular flexibility index (Phi) is 6.80. The molecule has 7 nitrogen and oxygen atoms in total. The molecule has 7 heteroatoms. The van der Waals surface area contributed by atoms with Crippen molar-refractivity contribution in [2.45, 2.75) is 53.0 Å². The second kappa shape index (κ2) is 8.93. The first kappa shape index (κ1) is 24.4. The van der Waals surface area contributed by atoms with Gasteiger partial charge in [-0.3, -0.25) is 14.4 Å². The van der Waals surface area contributed by atoms with Crippen molar-refractivity contribution in [2.24, 2.45) is 40.9 Å². The van der Waals surface area contributed by atoms with Crippen molar-refractivity contribution in [3.63, 3.8) is 0 Å². The number of rotatable bonds is 6. The molecule has 0 heterocycles. The van der Waals surface area contributed by atoms with Gasteiger partial charge in [0, 0.05) is 18.4 Å². The van der Waals surface area contributed by atoms with Crippen molar-refractivity contribution in [3.8, 4) is 0 Å². The molecular weight excluding hydrogens is 410 g/mol. The lowest BCUT2D eigenvalue weighted by Crippen LogP contribution is -2.50. The van der Waals surface area contributed by atoms with Crippen LogP contribution in [0.15, 0.2) is 23.8 Å². The monoisotopic (exact) mass is 445 g/mol. The minimum atomic E-state index is -1.43. The molecule has 0 aromatic rings. The van der Waals surface area contributed by atoms with Gasteiger partial charge in [-0.2, -0.15) is 0 Å². The number of aliphatic hydroxyl groups excluding tert-OH is 1. The van der Waals surface area contributed by atoms with E-state index in [2.05, 4.69) is 13.0 Å². The fourth-order valence-electron chi connectivity index (χ4n) is 6.73. The van der Waals surface area contributed by atoms with Gasteiger partial charge >= 0.3 is 5.97 Å². The molecule has 3 aliphatic carbocycles. The Bertz CT molecular complexity index is 876. The fourth-order valence-corrected chi connectivity index (χ4v) is 6.73. The van der Waals surface area contributed by atoms with E-state index in [4.69, 9.17) is 0 Å². The summed E-state index contributed by atoms with van der Waals surface area (Å²) in [5, 5.41) is 18.9. The van der Waals surface area contributed by atoms with Crippen LogP contribution in [-0.4, -0.2) is 58.3 Å². The molecule has 1 amide bonds. The zero-order valence-electron chi connectivity index (χ0n) is 19.6. The van der Waals surface area contributed by atoms with Gasteiger partial charge in [0.25, 0.3) is 0 Å². The number of aliphatic carboxylic acids is 1. The Morgan fingerprint density at radius 3 is 2.53 bits per heavy atom. The Morgan fingerprint density at radius 1 is 1.31 bits per heavy atom. The van der Waals surface area contributed by atoms with E-state index in [-0.39, 0.29) is 29.3 Å². The van der Waals surface area contributed by atoms with Gasteiger partial charge < -0.3 is 15.1 Å². The zero-order valence-corrected chi connectivity index (χ0v) is 19.6. The van der Waals surface area contributed by atoms with Crippen LogP contribution in [0.25, 0.3) is 0 Å². The average molecular weight is 446 g/mol. The lowest BCUT2D eigenvalue weighted by atomic mass is 9.53. The number of Topliss-reactive ketones (excluding diaryl/α,β-unsaturated/α-hetero) is 1. The summed E-state index contributed by atoms with van der Waals surface area (Å²) in [5.41, 5.74) is 0.304. The van der Waals surface area contributed by atoms with Crippen LogP contribution in [0, 0.1) is 40.9 Å². The summed E-state index contributed by atoms with van der Waals surface area (Å²) in [6, 6.07) is -1.43. The lowest BCUT2D eigenvalue weighted by molar-refractivity contribution is -0.155. The maximum absolute atomic E-state index is 14.0. The number of carboxylic acids is 1. The van der Waals surface area contributed by atoms with Crippen molar-refractivity contribution in [2.75, 3.05) is 13.7 Å². The van der Waals surface area contributed by atoms with Gasteiger partial charge in [-0.15, -0.1) is 0 Å². The normalized spacial score (nSPS) is 37.4. The predicted octanol–water partition coefficient (Wildman–Crippen LogP) is 2.49. The number of fused-ring (bicyclic) bond motifs is 3. The fraction of sp³-hybridized carbons (Fsp3) is 0.680. The van der Waals surface area contributed by atoms with Crippen molar-refractivity contribution in [1.29, 1.82) is 0 Å². The van der Waals surface area contributed by atoms with Crippen LogP contribution in [0.1, 0.15) is 47.0 Å². The Hall–Kier alpha value is -2.28. The summed E-state index contributed by atoms with van der Waals surface area (Å²) >= 11 is 0. The molecule has 0 spiro atoms. The minimum absolute atomic E-state index is 0.115. The highest BCUT2D eigenvalue weighted by atomic mass is 16.4. The minimum Gasteiger partial charge on any atom is -0.480 e. The number of aliphatic hydroxyl groups is 1. The highest BCUT2D eigenvalue weighted by Gasteiger charge is 2.65. The Labute approximate surface area is 189 Å². The molecule has 0 radical (unpaired) electrons. The number of carboxylic acid groups (broad SMARTS) is 1. The zero-order chi connectivity index (χ0) is 24.0. The molecule has 0 aromatic carbocycles. The lowest BCUT2D eigenvalue weighted by Gasteiger charge is -2.50. The molecule has 0 aliphatic heterocycles. The molecule has 3 rings (SSSR count). The predicted molar refractivity (Wildman–Crippen MR) is 118 cm³/mol. The van der Waals surface area contributed by atoms with Gasteiger partial charge in [-0.25, -0.2) is 4.79 Å². The number of nitrogens with zero attached hydrogens (tertiary/aromatic N) is 1. The van der Waals surface area contributed by atoms with Crippen molar-refractivity contribution >= 4 is 23.4 Å². The summed E-state index contributed by atoms with van der Waals surface area (Å²) in [7, 11) is 1.31. The highest BCUT2D eigenvalue weighted by Crippen LogP contribution is 2.62. The van der Waals surface area contributed by atoms with Crippen LogP contribution in [-0.2, 0) is 19.2 Å². The van der Waals surface area contributed by atoms with Crippen molar-refractivity contribution in [1.82, 2.24) is 4.90 Å². The molecule has 2 fully saturated rings. The van der Waals surface area contributed by atoms with Crippen LogP contribution in [0.3, 0.4) is 0 Å². The summed E-state index contributed by atoms with van der Waals surface area (Å²) in [6.45, 7) is 6.88. The van der Waals surface area contributed by atoms with E-state index in [0.29, 0.717) is 5.92 Å². The van der Waals surface area contributed by atoms with E-state index in [9.17, 15) is 29.4 Å². The Balaban J connectivity index is 2.09. The summed E-state index contributed by atoms with van der Waals surface area (Å²) in [5.74, 6) is -3.15. The Morgan fingerprint density at radius 2 is 1.97 bits per heavy atom. The van der Waals surface area contributed by atoms with Gasteiger partial charge in [0.1, 0.15) is 5.92 Å². The van der Waals surface area contributed by atoms with Crippen LogP contribution in [0.4, 0.5) is 0 Å². The molecule has 2 N–H and O–H groups in total. The highest BCUT2D eigenvalue weighted by molar-refractivity contribution is 6.08. The maximum Gasteiger partial charge on any atom is 0.328 e. The van der Waals surface area contributed by atoms with Gasteiger partial charge in [-0.1, -0.05) is 38.0 Å². The van der Waals surface area contributed by atoms with Gasteiger partial charge in [0.05, 0.1) is 6.61 Å². The smallest absolute Gasteiger partial charge is 0.328 e. The molecule has 8 unspecified atom stereocenters. The third kappa shape index (κ3) is 3.85. The quantitative estimate of drug-likeness (QED) is 0.369. The second-order valence-electron chi connectivity index (χ2n) is 10.2. The third-order valence-electron chi connectivity index (χ3n) is 8.22. The molecule has 0 aromatic heterocycles. The first-order valence-electron chi connectivity index (χ1n) is 11.5. The summed E-state index contributed by atoms with van der Waals surface area (Å²) < 4.78 is 0. The molecule has 0 bridgehead atoms. The SMILES string of the molecule is CC(=O)C=CC1C(C(=O)N(C)C(CO)C(=O)O)C(=O)C2(C)C3CCC(C)CC3C=C(C)C12. The molecule has 32 heavy (non-hydrogen) atoms. The van der Waals surface area contributed by atoms with E-state index >= 15 is 0 Å². The van der Waals surface area contributed by atoms with E-state index in [0.717, 1.165) is 29.7 Å². The number of carbonyl (C=O) groups excluding carboxylic acids is 3. The van der Waals surface area contributed by atoms with Crippen LogP contribution < -0.4 is 0 Å². The second-order valence-corrected chi connectivity index (χ2v) is 10.2. The first-order valence-corrected chi connectivity index (χ1v) is 11.5. The van der Waals surface area contributed by atoms with Crippen molar-refractivity contribution < 1.29 is 29.4 Å². The van der Waals surface area contributed by atoms with E-state index in [1.165, 1.54) is 20.0 Å². The number of hydrogen-bond acceptors (Lipinski definition) is 5. The van der Waals surface area contributed by atoms with Crippen LogP contribution in [0.2, 0.25) is 0 Å². The van der Waals surface area contributed by atoms with Crippen LogP contribution in [0.5, 0.6) is 0 Å². The van der Waals surface area contributed by atoms with Crippen molar-refractivity contribution in [3.05, 3.63) is 23.8 Å². The molecule has 3 aliphatic rings. The standard InChI is InChI=1S/C25H35NO6/c1-13-6-9-18-16(10-13)11-14(2)21-17(8-7-15(3)28)20(22(29)25(18,21)4)23(30)26(5)19(12-27)24(31)32/h7-8,11,13,16-21,27H,6,9-10,12H2,1-5H3,(H,31,32). The van der Waals surface area contributed by atoms with Gasteiger partial charge in [-0.05, 0) is 56.4 Å². The van der Waals surface area contributed by atoms with Gasteiger partial charge in [0.2, 0.25) is 5.91 Å². The number of likely N-dealkylation sites (N-methyl/N-ethyl adjacent to an activating group) is 1. The molecule has 176 valence electrons. The van der Waals surface area contributed by atoms with E-state index in [1.807, 2.05) is 13.8 Å². The molecular formula is C25H35NO6. The number of allylic oxidation sites excluding steroid dienone is 4. The largest absolute Gasteiger partial charge is 0.480 e. The molecule has 8 atom stereocenters. The molecule has 0 saturated heterocycles. The average Bonchev–Trinajstić information content (AvgIpc) is 2.93. The molecule has 2 saturated carbocycles. The number of hydrogen-bond donors (Lipinski definition) is 2. The van der Waals surface area contributed by atoms with E-state index in [1.54, 1.807) is 6.08 Å². The maximum atomic E-state index is 14.0. The summed E-state index contributed by atoms with van der Waals surface area (Å²) in [4.78, 5) is 51.8. The van der Waals surface area contributed by atoms with Crippen LogP contribution >= 0.6 is 0 Å². The third-order valence-corrected chi connectivity index (χ3v) is 8.22. The first-order chi connectivity index (χ1) is 14.9. The van der Waals surface area contributed by atoms with E-state index < -0.39 is 41.8 Å². The topological polar surface area (TPSA) is 112 Å².